The predicted octanol–water partition coefficient (Wildman–Crippen LogP) is 5.17. The highest BCUT2D eigenvalue weighted by molar-refractivity contribution is 6.30. The summed E-state index contributed by atoms with van der Waals surface area (Å²) in [6.07, 6.45) is 0.797. The van der Waals surface area contributed by atoms with E-state index in [0.717, 1.165) is 17.0 Å². The van der Waals surface area contributed by atoms with E-state index in [9.17, 15) is 0 Å². The molecule has 0 spiro atoms. The average molecular weight is 265 g/mol. The average Bonchev–Trinajstić information content (AvgIpc) is 2.29. The Bertz CT molecular complexity index is 506. The fourth-order valence-corrected chi connectivity index (χ4v) is 2.38. The predicted molar refractivity (Wildman–Crippen MR) is 74.9 cm³/mol. The summed E-state index contributed by atoms with van der Waals surface area (Å²) >= 11 is 12.4. The Kier molecular flexibility index (Phi) is 4.09. The SMILES string of the molecule is Cc1cccc(C(Cl)Cc2cccc(Cl)c2)c1. The van der Waals surface area contributed by atoms with Crippen LogP contribution in [0.5, 0.6) is 0 Å². The van der Waals surface area contributed by atoms with E-state index < -0.39 is 0 Å². The maximum Gasteiger partial charge on any atom is 0.0625 e. The van der Waals surface area contributed by atoms with Gasteiger partial charge in [0.1, 0.15) is 0 Å². The van der Waals surface area contributed by atoms with Crippen LogP contribution in [-0.4, -0.2) is 0 Å². The van der Waals surface area contributed by atoms with E-state index in [1.807, 2.05) is 24.3 Å². The summed E-state index contributed by atoms with van der Waals surface area (Å²) in [6.45, 7) is 2.08. The molecule has 2 heteroatoms. The fraction of sp³-hybridized carbons (Fsp3) is 0.200. The van der Waals surface area contributed by atoms with E-state index >= 15 is 0 Å². The van der Waals surface area contributed by atoms with Crippen molar-refractivity contribution in [3.8, 4) is 0 Å². The Morgan fingerprint density at radius 1 is 1.06 bits per heavy atom. The number of aryl methyl sites for hydroxylation is 1. The Morgan fingerprint density at radius 3 is 2.53 bits per heavy atom. The van der Waals surface area contributed by atoms with Crippen molar-refractivity contribution < 1.29 is 0 Å². The van der Waals surface area contributed by atoms with Crippen molar-refractivity contribution in [1.82, 2.24) is 0 Å². The van der Waals surface area contributed by atoms with Gasteiger partial charge in [-0.05, 0) is 36.6 Å². The van der Waals surface area contributed by atoms with Crippen LogP contribution < -0.4 is 0 Å². The molecule has 1 unspecified atom stereocenters. The smallest absolute Gasteiger partial charge is 0.0625 e. The second kappa shape index (κ2) is 5.57. The number of hydrogen-bond donors (Lipinski definition) is 0. The molecule has 88 valence electrons. The first kappa shape index (κ1) is 12.5. The van der Waals surface area contributed by atoms with Crippen molar-refractivity contribution >= 4 is 23.2 Å². The van der Waals surface area contributed by atoms with Gasteiger partial charge in [0.05, 0.1) is 5.38 Å². The summed E-state index contributed by atoms with van der Waals surface area (Å²) < 4.78 is 0. The highest BCUT2D eigenvalue weighted by Crippen LogP contribution is 2.26. The van der Waals surface area contributed by atoms with Crippen molar-refractivity contribution in [2.24, 2.45) is 0 Å². The van der Waals surface area contributed by atoms with Gasteiger partial charge >= 0.3 is 0 Å². The summed E-state index contributed by atoms with van der Waals surface area (Å²) in [5.74, 6) is 0. The Morgan fingerprint density at radius 2 is 1.82 bits per heavy atom. The first-order valence-electron chi connectivity index (χ1n) is 5.60. The van der Waals surface area contributed by atoms with Crippen LogP contribution in [0.15, 0.2) is 48.5 Å². The summed E-state index contributed by atoms with van der Waals surface area (Å²) in [7, 11) is 0. The summed E-state index contributed by atoms with van der Waals surface area (Å²) in [5.41, 5.74) is 3.56. The molecule has 1 atom stereocenters. The lowest BCUT2D eigenvalue weighted by Crippen LogP contribution is -1.96. The van der Waals surface area contributed by atoms with Gasteiger partial charge in [0, 0.05) is 5.02 Å². The van der Waals surface area contributed by atoms with Crippen LogP contribution in [-0.2, 0) is 6.42 Å². The van der Waals surface area contributed by atoms with E-state index in [-0.39, 0.29) is 5.38 Å². The van der Waals surface area contributed by atoms with Gasteiger partial charge in [0.2, 0.25) is 0 Å². The molecule has 0 aromatic heterocycles. The molecule has 0 fully saturated rings. The number of rotatable bonds is 3. The number of alkyl halides is 1. The molecular weight excluding hydrogens is 251 g/mol. The second-order valence-electron chi connectivity index (χ2n) is 4.22. The van der Waals surface area contributed by atoms with Crippen LogP contribution in [0, 0.1) is 6.92 Å². The fourth-order valence-electron chi connectivity index (χ4n) is 1.85. The third-order valence-corrected chi connectivity index (χ3v) is 3.35. The lowest BCUT2D eigenvalue weighted by molar-refractivity contribution is 0.918. The van der Waals surface area contributed by atoms with Gasteiger partial charge in [0.15, 0.2) is 0 Å². The van der Waals surface area contributed by atoms with Crippen molar-refractivity contribution in [3.63, 3.8) is 0 Å². The zero-order chi connectivity index (χ0) is 12.3. The van der Waals surface area contributed by atoms with Gasteiger partial charge in [-0.1, -0.05) is 53.6 Å². The number of benzene rings is 2. The van der Waals surface area contributed by atoms with E-state index in [2.05, 4.69) is 31.2 Å². The molecule has 2 aromatic rings. The molecule has 2 rings (SSSR count). The zero-order valence-electron chi connectivity index (χ0n) is 9.66. The van der Waals surface area contributed by atoms with Gasteiger partial charge in [-0.3, -0.25) is 0 Å². The lowest BCUT2D eigenvalue weighted by atomic mass is 10.0. The van der Waals surface area contributed by atoms with Gasteiger partial charge < -0.3 is 0 Å². The van der Waals surface area contributed by atoms with Gasteiger partial charge in [-0.25, -0.2) is 0 Å². The molecule has 0 radical (unpaired) electrons. The molecule has 0 N–H and O–H groups in total. The topological polar surface area (TPSA) is 0 Å². The van der Waals surface area contributed by atoms with Gasteiger partial charge in [-0.15, -0.1) is 11.6 Å². The molecule has 0 bridgehead atoms. The summed E-state index contributed by atoms with van der Waals surface area (Å²) in [5, 5.41) is 0.754. The van der Waals surface area contributed by atoms with Crippen molar-refractivity contribution in [1.29, 1.82) is 0 Å². The molecule has 0 heterocycles. The van der Waals surface area contributed by atoms with Crippen LogP contribution in [0.2, 0.25) is 5.02 Å². The normalized spacial score (nSPS) is 12.4. The van der Waals surface area contributed by atoms with Crippen LogP contribution in [0.25, 0.3) is 0 Å². The Hall–Kier alpha value is -0.980. The van der Waals surface area contributed by atoms with Crippen LogP contribution in [0.3, 0.4) is 0 Å². The van der Waals surface area contributed by atoms with Gasteiger partial charge in [-0.2, -0.15) is 0 Å². The molecule has 0 saturated heterocycles. The van der Waals surface area contributed by atoms with Crippen LogP contribution >= 0.6 is 23.2 Å². The molecule has 0 nitrogen and oxygen atoms in total. The minimum absolute atomic E-state index is 0.00614. The first-order chi connectivity index (χ1) is 8.15. The van der Waals surface area contributed by atoms with E-state index in [4.69, 9.17) is 23.2 Å². The maximum absolute atomic E-state index is 6.42. The number of hydrogen-bond acceptors (Lipinski definition) is 0. The number of halogens is 2. The molecule has 0 aliphatic carbocycles. The largest absolute Gasteiger partial charge is 0.117 e. The van der Waals surface area contributed by atoms with E-state index in [1.165, 1.54) is 11.1 Å². The summed E-state index contributed by atoms with van der Waals surface area (Å²) in [6, 6.07) is 16.2. The highest BCUT2D eigenvalue weighted by atomic mass is 35.5. The lowest BCUT2D eigenvalue weighted by Gasteiger charge is -2.11. The first-order valence-corrected chi connectivity index (χ1v) is 6.41. The molecule has 0 saturated carbocycles. The highest BCUT2D eigenvalue weighted by Gasteiger charge is 2.09. The molecular formula is C15H14Cl2. The quantitative estimate of drug-likeness (QED) is 0.671. The van der Waals surface area contributed by atoms with E-state index in [1.54, 1.807) is 0 Å². The monoisotopic (exact) mass is 264 g/mol. The molecule has 0 amide bonds. The van der Waals surface area contributed by atoms with Crippen LogP contribution in [0.1, 0.15) is 22.1 Å². The van der Waals surface area contributed by atoms with Gasteiger partial charge in [0.25, 0.3) is 0 Å². The minimum Gasteiger partial charge on any atom is -0.117 e. The Balaban J connectivity index is 2.14. The maximum atomic E-state index is 6.42. The van der Waals surface area contributed by atoms with Crippen molar-refractivity contribution in [2.45, 2.75) is 18.7 Å². The van der Waals surface area contributed by atoms with Crippen molar-refractivity contribution in [2.75, 3.05) is 0 Å². The summed E-state index contributed by atoms with van der Waals surface area (Å²) in [4.78, 5) is 0. The standard InChI is InChI=1S/C15H14Cl2/c1-11-4-2-6-13(8-11)15(17)10-12-5-3-7-14(16)9-12/h2-9,15H,10H2,1H3. The van der Waals surface area contributed by atoms with Crippen LogP contribution in [0.4, 0.5) is 0 Å². The molecule has 17 heavy (non-hydrogen) atoms. The molecule has 0 aliphatic heterocycles. The molecule has 2 aromatic carbocycles. The van der Waals surface area contributed by atoms with E-state index in [0.29, 0.717) is 0 Å². The molecule has 0 aliphatic rings. The van der Waals surface area contributed by atoms with Crippen molar-refractivity contribution in [3.05, 3.63) is 70.2 Å². The minimum atomic E-state index is -0.00614. The third-order valence-electron chi connectivity index (χ3n) is 2.71. The third kappa shape index (κ3) is 3.49. The Labute approximate surface area is 112 Å². The zero-order valence-corrected chi connectivity index (χ0v) is 11.2. The second-order valence-corrected chi connectivity index (χ2v) is 5.18.